The van der Waals surface area contributed by atoms with E-state index < -0.39 is 6.03 Å². The molecule has 3 aromatic rings. The lowest BCUT2D eigenvalue weighted by Crippen LogP contribution is -2.46. The van der Waals surface area contributed by atoms with Crippen LogP contribution in [0.4, 0.5) is 16.3 Å². The van der Waals surface area contributed by atoms with Gasteiger partial charge in [0, 0.05) is 45.0 Å². The second-order valence-corrected chi connectivity index (χ2v) is 8.27. The molecular formula is C24H32N6O2. The highest BCUT2D eigenvalue weighted by Gasteiger charge is 2.20. The number of pyridine rings is 1. The molecule has 8 heteroatoms. The van der Waals surface area contributed by atoms with E-state index in [-0.39, 0.29) is 0 Å². The number of hydrogen-bond donors (Lipinski definition) is 1. The molecule has 0 spiro atoms. The topological polar surface area (TPSA) is 79.3 Å². The Morgan fingerprint density at radius 3 is 2.66 bits per heavy atom. The van der Waals surface area contributed by atoms with E-state index in [1.54, 1.807) is 16.5 Å². The summed E-state index contributed by atoms with van der Waals surface area (Å²) in [4.78, 5) is 18.5. The average molecular weight is 437 g/mol. The van der Waals surface area contributed by atoms with Crippen molar-refractivity contribution in [3.05, 3.63) is 54.2 Å². The second-order valence-electron chi connectivity index (χ2n) is 8.27. The number of ether oxygens (including phenoxy) is 1. The largest absolute Gasteiger partial charge is 0.495 e. The first-order valence-corrected chi connectivity index (χ1v) is 11.2. The molecule has 8 nitrogen and oxygen atoms in total. The molecule has 1 fully saturated rings. The number of hydrogen-bond acceptors (Lipinski definition) is 5. The number of aryl methyl sites for hydroxylation is 1. The van der Waals surface area contributed by atoms with Crippen LogP contribution in [0.3, 0.4) is 0 Å². The predicted octanol–water partition coefficient (Wildman–Crippen LogP) is 3.14. The molecule has 4 rings (SSSR count). The number of benzene rings is 1. The maximum atomic E-state index is 12.0. The molecule has 0 radical (unpaired) electrons. The molecule has 3 heterocycles. The number of primary amides is 1. The lowest BCUT2D eigenvalue weighted by atomic mass is 10.2. The van der Waals surface area contributed by atoms with Gasteiger partial charge in [0.25, 0.3) is 0 Å². The minimum atomic E-state index is -0.462. The average Bonchev–Trinajstić information content (AvgIpc) is 3.21. The van der Waals surface area contributed by atoms with Crippen molar-refractivity contribution in [2.24, 2.45) is 5.73 Å². The van der Waals surface area contributed by atoms with Gasteiger partial charge >= 0.3 is 6.03 Å². The zero-order chi connectivity index (χ0) is 22.5. The van der Waals surface area contributed by atoms with Crippen LogP contribution in [0.1, 0.15) is 18.4 Å². The number of unbranched alkanes of at least 4 members (excludes halogenated alkanes) is 1. The molecule has 2 aromatic heterocycles. The summed E-state index contributed by atoms with van der Waals surface area (Å²) >= 11 is 0. The number of piperazine rings is 1. The molecule has 0 saturated carbocycles. The zero-order valence-corrected chi connectivity index (χ0v) is 18.9. The van der Waals surface area contributed by atoms with Gasteiger partial charge in [-0.25, -0.2) is 9.31 Å². The number of nitrogens with zero attached hydrogens (tertiary/aromatic N) is 5. The Bertz CT molecular complexity index is 1060. The minimum absolute atomic E-state index is 0.462. The number of carbonyl (C=O) groups excluding carboxylic acids is 1. The van der Waals surface area contributed by atoms with Gasteiger partial charge in [-0.05, 0) is 56.1 Å². The summed E-state index contributed by atoms with van der Waals surface area (Å²) in [7, 11) is 1.72. The number of rotatable bonds is 8. The number of methoxy groups -OCH3 is 1. The van der Waals surface area contributed by atoms with Crippen LogP contribution >= 0.6 is 0 Å². The van der Waals surface area contributed by atoms with Crippen molar-refractivity contribution in [3.63, 3.8) is 0 Å². The maximum Gasteiger partial charge on any atom is 0.320 e. The lowest BCUT2D eigenvalue weighted by Gasteiger charge is -2.36. The van der Waals surface area contributed by atoms with E-state index in [4.69, 9.17) is 10.5 Å². The van der Waals surface area contributed by atoms with Crippen molar-refractivity contribution in [2.45, 2.75) is 19.8 Å². The Morgan fingerprint density at radius 1 is 1.12 bits per heavy atom. The minimum Gasteiger partial charge on any atom is -0.495 e. The quantitative estimate of drug-likeness (QED) is 0.549. The van der Waals surface area contributed by atoms with E-state index in [9.17, 15) is 4.79 Å². The van der Waals surface area contributed by atoms with Gasteiger partial charge in [0.2, 0.25) is 0 Å². The van der Waals surface area contributed by atoms with E-state index in [0.29, 0.717) is 12.4 Å². The number of amides is 2. The molecule has 1 saturated heterocycles. The van der Waals surface area contributed by atoms with E-state index in [1.807, 2.05) is 43.5 Å². The molecule has 0 bridgehead atoms. The predicted molar refractivity (Wildman–Crippen MR) is 128 cm³/mol. The zero-order valence-electron chi connectivity index (χ0n) is 18.9. The first-order valence-electron chi connectivity index (χ1n) is 11.2. The van der Waals surface area contributed by atoms with Gasteiger partial charge in [0.1, 0.15) is 5.75 Å². The monoisotopic (exact) mass is 436 g/mol. The number of anilines is 2. The highest BCUT2D eigenvalue weighted by Crippen LogP contribution is 2.28. The molecule has 0 unspecified atom stereocenters. The van der Waals surface area contributed by atoms with Crippen LogP contribution in [0.25, 0.3) is 5.52 Å². The van der Waals surface area contributed by atoms with Crippen LogP contribution in [0, 0.1) is 6.92 Å². The summed E-state index contributed by atoms with van der Waals surface area (Å²) in [6.07, 6.45) is 3.78. The van der Waals surface area contributed by atoms with Crippen LogP contribution in [0.5, 0.6) is 5.75 Å². The van der Waals surface area contributed by atoms with Crippen LogP contribution in [0.15, 0.2) is 48.7 Å². The van der Waals surface area contributed by atoms with Gasteiger partial charge in [-0.3, -0.25) is 9.80 Å². The van der Waals surface area contributed by atoms with Crippen LogP contribution in [0.2, 0.25) is 0 Å². The number of nitrogens with two attached hydrogens (primary N) is 1. The molecule has 1 aromatic carbocycles. The van der Waals surface area contributed by atoms with Gasteiger partial charge in [0.05, 0.1) is 18.3 Å². The fourth-order valence-electron chi connectivity index (χ4n) is 4.27. The Balaban J connectivity index is 1.25. The molecule has 2 N–H and O–H groups in total. The van der Waals surface area contributed by atoms with Crippen molar-refractivity contribution in [3.8, 4) is 5.75 Å². The molecule has 0 aliphatic carbocycles. The van der Waals surface area contributed by atoms with Crippen LogP contribution in [-0.2, 0) is 0 Å². The Morgan fingerprint density at radius 2 is 1.91 bits per heavy atom. The second kappa shape index (κ2) is 9.91. The number of fused-ring (bicyclic) bond motifs is 1. The van der Waals surface area contributed by atoms with Gasteiger partial charge in [-0.15, -0.1) is 5.10 Å². The first-order chi connectivity index (χ1) is 15.5. The maximum absolute atomic E-state index is 12.0. The summed E-state index contributed by atoms with van der Waals surface area (Å²) in [5, 5.41) is 4.51. The molecule has 2 amide bonds. The van der Waals surface area contributed by atoms with Gasteiger partial charge < -0.3 is 15.4 Å². The van der Waals surface area contributed by atoms with Gasteiger partial charge in [-0.1, -0.05) is 12.1 Å². The van der Waals surface area contributed by atoms with E-state index in [0.717, 1.165) is 68.1 Å². The summed E-state index contributed by atoms with van der Waals surface area (Å²) in [5.41, 5.74) is 8.92. The number of aromatic nitrogens is 2. The summed E-state index contributed by atoms with van der Waals surface area (Å²) < 4.78 is 7.28. The smallest absolute Gasteiger partial charge is 0.320 e. The molecule has 1 aliphatic rings. The van der Waals surface area contributed by atoms with Gasteiger partial charge in [0.15, 0.2) is 5.82 Å². The van der Waals surface area contributed by atoms with Crippen LogP contribution in [-0.4, -0.2) is 66.9 Å². The lowest BCUT2D eigenvalue weighted by molar-refractivity contribution is 0.248. The summed E-state index contributed by atoms with van der Waals surface area (Å²) in [5.74, 6) is 1.53. The first kappa shape index (κ1) is 22.0. The molecule has 1 aliphatic heterocycles. The highest BCUT2D eigenvalue weighted by molar-refractivity contribution is 5.90. The summed E-state index contributed by atoms with van der Waals surface area (Å²) in [6, 6.07) is 13.7. The SMILES string of the molecule is COc1ccccc1N1CCN(CCCCN(C(N)=O)c2cc3cc(C)ccn3n2)CC1. The Kier molecular flexibility index (Phi) is 6.80. The molecular weight excluding hydrogens is 404 g/mol. The van der Waals surface area contributed by atoms with Crippen molar-refractivity contribution in [2.75, 3.05) is 56.2 Å². The third kappa shape index (κ3) is 4.96. The van der Waals surface area contributed by atoms with Crippen molar-refractivity contribution in [1.82, 2.24) is 14.5 Å². The third-order valence-electron chi connectivity index (χ3n) is 6.05. The molecule has 170 valence electrons. The standard InChI is InChI=1S/C24H32N6O2/c1-19-9-12-30-20(17-19)18-23(26-30)29(24(25)31)11-6-5-10-27-13-15-28(16-14-27)21-7-3-4-8-22(21)32-2/h3-4,7-9,12,17-18H,5-6,10-11,13-16H2,1-2H3,(H2,25,31). The molecule has 0 atom stereocenters. The van der Waals surface area contributed by atoms with E-state index >= 15 is 0 Å². The number of para-hydroxylation sites is 2. The van der Waals surface area contributed by atoms with Crippen molar-refractivity contribution >= 4 is 23.1 Å². The molecule has 32 heavy (non-hydrogen) atoms. The van der Waals surface area contributed by atoms with E-state index in [1.165, 1.54) is 0 Å². The fourth-order valence-corrected chi connectivity index (χ4v) is 4.27. The fraction of sp³-hybridized carbons (Fsp3) is 0.417. The van der Waals surface area contributed by atoms with E-state index in [2.05, 4.69) is 27.0 Å². The Hall–Kier alpha value is -3.26. The number of carbonyl (C=O) groups is 1. The van der Waals surface area contributed by atoms with Gasteiger partial charge in [-0.2, -0.15) is 0 Å². The summed E-state index contributed by atoms with van der Waals surface area (Å²) in [6.45, 7) is 7.61. The van der Waals surface area contributed by atoms with Crippen molar-refractivity contribution < 1.29 is 9.53 Å². The Labute approximate surface area is 189 Å². The number of urea groups is 1. The van der Waals surface area contributed by atoms with Crippen molar-refractivity contribution in [1.29, 1.82) is 0 Å². The van der Waals surface area contributed by atoms with Crippen LogP contribution < -0.4 is 20.3 Å². The third-order valence-corrected chi connectivity index (χ3v) is 6.05. The normalized spacial score (nSPS) is 14.6. The highest BCUT2D eigenvalue weighted by atomic mass is 16.5.